The van der Waals surface area contributed by atoms with Gasteiger partial charge in [-0.2, -0.15) is 0 Å². The largest absolute Gasteiger partial charge is 0.383 e. The highest BCUT2D eigenvalue weighted by Gasteiger charge is 2.24. The maximum atomic E-state index is 13.0. The molecule has 2 heterocycles. The minimum absolute atomic E-state index is 0.0174. The normalized spacial score (nSPS) is 11.2. The summed E-state index contributed by atoms with van der Waals surface area (Å²) in [6, 6.07) is 7.88. The number of thiazole rings is 1. The number of nitrogens with zero attached hydrogens (tertiary/aromatic N) is 3. The highest BCUT2D eigenvalue weighted by atomic mass is 32.2. The number of amides is 1. The smallest absolute Gasteiger partial charge is 0.330 e. The second-order valence-corrected chi connectivity index (χ2v) is 8.85. The predicted octanol–water partition coefficient (Wildman–Crippen LogP) is 2.05. The fraction of sp³-hybridized carbons (Fsp3) is 0.400. The van der Waals surface area contributed by atoms with E-state index in [2.05, 4.69) is 9.97 Å². The molecule has 3 rings (SSSR count). The van der Waals surface area contributed by atoms with Crippen molar-refractivity contribution in [1.82, 2.24) is 14.5 Å². The number of para-hydroxylation sites is 1. The van der Waals surface area contributed by atoms with Gasteiger partial charge in [0.1, 0.15) is 10.8 Å². The minimum Gasteiger partial charge on any atom is -0.383 e. The number of nitrogen functional groups attached to an aromatic ring is 1. The SMILES string of the molecule is CCCn1c(N)c(N(CCOC)C(=O)CSCc2nc3ccccc3s2)c(=O)[nH]c1=O. The van der Waals surface area contributed by atoms with Crippen LogP contribution in [0.1, 0.15) is 18.4 Å². The van der Waals surface area contributed by atoms with E-state index in [1.54, 1.807) is 11.3 Å². The third-order valence-electron chi connectivity index (χ3n) is 4.54. The molecule has 0 spiro atoms. The molecule has 0 saturated heterocycles. The number of nitrogens with two attached hydrogens (primary N) is 1. The fourth-order valence-corrected chi connectivity index (χ4v) is 5.03. The molecule has 0 fully saturated rings. The summed E-state index contributed by atoms with van der Waals surface area (Å²) in [5, 5.41) is 0.927. The third-order valence-corrected chi connectivity index (χ3v) is 6.69. The standard InChI is InChI=1S/C20H25N5O4S2/c1-3-8-25-18(21)17(19(27)23-20(25)28)24(9-10-29-2)16(26)12-30-11-15-22-13-6-4-5-7-14(13)31-15/h4-7H,3,8-12,21H2,1-2H3,(H,23,27,28). The Morgan fingerprint density at radius 3 is 2.84 bits per heavy atom. The van der Waals surface area contributed by atoms with Crippen LogP contribution in [-0.4, -0.2) is 46.5 Å². The number of thioether (sulfide) groups is 1. The van der Waals surface area contributed by atoms with Crippen LogP contribution in [0, 0.1) is 0 Å². The number of ether oxygens (including phenoxy) is 1. The molecule has 0 unspecified atom stereocenters. The molecule has 0 saturated carbocycles. The lowest BCUT2D eigenvalue weighted by atomic mass is 10.3. The number of H-pyrrole nitrogens is 1. The van der Waals surface area contributed by atoms with Crippen LogP contribution >= 0.6 is 23.1 Å². The number of hydrogen-bond donors (Lipinski definition) is 2. The molecule has 0 atom stereocenters. The first-order valence-electron chi connectivity index (χ1n) is 9.80. The molecular weight excluding hydrogens is 438 g/mol. The molecule has 9 nitrogen and oxygen atoms in total. The summed E-state index contributed by atoms with van der Waals surface area (Å²) in [5.41, 5.74) is 5.79. The zero-order chi connectivity index (χ0) is 22.4. The molecule has 31 heavy (non-hydrogen) atoms. The molecule has 0 aliphatic rings. The number of anilines is 2. The molecule has 1 aromatic carbocycles. The van der Waals surface area contributed by atoms with Gasteiger partial charge in [0.2, 0.25) is 5.91 Å². The van der Waals surface area contributed by atoms with Crippen molar-refractivity contribution in [1.29, 1.82) is 0 Å². The van der Waals surface area contributed by atoms with Gasteiger partial charge in [0.15, 0.2) is 5.69 Å². The Kier molecular flexibility index (Phi) is 7.88. The summed E-state index contributed by atoms with van der Waals surface area (Å²) in [4.78, 5) is 45.8. The number of aromatic nitrogens is 3. The molecule has 0 radical (unpaired) electrons. The quantitative estimate of drug-likeness (QED) is 0.472. The number of methoxy groups -OCH3 is 1. The van der Waals surface area contributed by atoms with Crippen molar-refractivity contribution in [3.8, 4) is 0 Å². The Balaban J connectivity index is 1.78. The molecule has 166 valence electrons. The van der Waals surface area contributed by atoms with Crippen molar-refractivity contribution < 1.29 is 9.53 Å². The van der Waals surface area contributed by atoms with Gasteiger partial charge in [0.25, 0.3) is 5.56 Å². The molecule has 3 aromatic rings. The Hall–Kier alpha value is -2.63. The van der Waals surface area contributed by atoms with Gasteiger partial charge in [0.05, 0.1) is 22.6 Å². The van der Waals surface area contributed by atoms with Crippen LogP contribution in [0.15, 0.2) is 33.9 Å². The van der Waals surface area contributed by atoms with Crippen LogP contribution in [0.2, 0.25) is 0 Å². The summed E-state index contributed by atoms with van der Waals surface area (Å²) < 4.78 is 7.48. The average Bonchev–Trinajstić information content (AvgIpc) is 3.16. The Labute approximate surface area is 187 Å². The molecule has 1 amide bonds. The van der Waals surface area contributed by atoms with E-state index in [-0.39, 0.29) is 36.3 Å². The molecular formula is C20H25N5O4S2. The van der Waals surface area contributed by atoms with Gasteiger partial charge in [0, 0.05) is 26.0 Å². The second-order valence-electron chi connectivity index (χ2n) is 6.75. The van der Waals surface area contributed by atoms with Crippen LogP contribution in [0.25, 0.3) is 10.2 Å². The summed E-state index contributed by atoms with van der Waals surface area (Å²) >= 11 is 3.00. The summed E-state index contributed by atoms with van der Waals surface area (Å²) in [6.07, 6.45) is 0.652. The number of hydrogen-bond acceptors (Lipinski definition) is 8. The van der Waals surface area contributed by atoms with Crippen LogP contribution in [0.5, 0.6) is 0 Å². The van der Waals surface area contributed by atoms with Crippen LogP contribution in [-0.2, 0) is 21.8 Å². The van der Waals surface area contributed by atoms with E-state index in [4.69, 9.17) is 10.5 Å². The number of nitrogens with one attached hydrogen (secondary N) is 1. The Bertz CT molecular complexity index is 1140. The minimum atomic E-state index is -0.685. The Morgan fingerprint density at radius 1 is 1.35 bits per heavy atom. The molecule has 0 aliphatic heterocycles. The number of rotatable bonds is 10. The lowest BCUT2D eigenvalue weighted by Crippen LogP contribution is -2.43. The first kappa shape index (κ1) is 23.0. The molecule has 3 N–H and O–H groups in total. The Morgan fingerprint density at radius 2 is 2.13 bits per heavy atom. The number of fused-ring (bicyclic) bond motifs is 1. The van der Waals surface area contributed by atoms with E-state index in [0.717, 1.165) is 15.2 Å². The highest BCUT2D eigenvalue weighted by Crippen LogP contribution is 2.25. The number of carbonyl (C=O) groups is 1. The predicted molar refractivity (Wildman–Crippen MR) is 126 cm³/mol. The zero-order valence-electron chi connectivity index (χ0n) is 17.4. The monoisotopic (exact) mass is 463 g/mol. The van der Waals surface area contributed by atoms with Crippen LogP contribution in [0.3, 0.4) is 0 Å². The van der Waals surface area contributed by atoms with Crippen LogP contribution in [0.4, 0.5) is 11.5 Å². The van der Waals surface area contributed by atoms with E-state index < -0.39 is 11.2 Å². The van der Waals surface area contributed by atoms with Crippen molar-refractivity contribution in [3.05, 3.63) is 50.1 Å². The number of benzene rings is 1. The molecule has 0 bridgehead atoms. The maximum absolute atomic E-state index is 13.0. The molecule has 2 aromatic heterocycles. The molecule has 11 heteroatoms. The van der Waals surface area contributed by atoms with Gasteiger partial charge in [-0.05, 0) is 18.6 Å². The van der Waals surface area contributed by atoms with E-state index in [0.29, 0.717) is 18.7 Å². The third kappa shape index (κ3) is 5.35. The zero-order valence-corrected chi connectivity index (χ0v) is 19.1. The van der Waals surface area contributed by atoms with Gasteiger partial charge < -0.3 is 15.4 Å². The first-order chi connectivity index (χ1) is 15.0. The van der Waals surface area contributed by atoms with Crippen molar-refractivity contribution in [2.75, 3.05) is 36.6 Å². The van der Waals surface area contributed by atoms with Crippen molar-refractivity contribution in [3.63, 3.8) is 0 Å². The van der Waals surface area contributed by atoms with E-state index in [1.165, 1.54) is 28.3 Å². The lowest BCUT2D eigenvalue weighted by Gasteiger charge is -2.24. The maximum Gasteiger partial charge on any atom is 0.330 e. The van der Waals surface area contributed by atoms with Gasteiger partial charge in [-0.1, -0.05) is 19.1 Å². The first-order valence-corrected chi connectivity index (χ1v) is 11.8. The topological polar surface area (TPSA) is 123 Å². The van der Waals surface area contributed by atoms with Gasteiger partial charge in [-0.3, -0.25) is 19.1 Å². The summed E-state index contributed by atoms with van der Waals surface area (Å²) in [5.74, 6) is 0.397. The second kappa shape index (κ2) is 10.6. The van der Waals surface area contributed by atoms with E-state index in [9.17, 15) is 14.4 Å². The van der Waals surface area contributed by atoms with Crippen LogP contribution < -0.4 is 21.9 Å². The average molecular weight is 464 g/mol. The number of carbonyl (C=O) groups excluding carboxylic acids is 1. The summed E-state index contributed by atoms with van der Waals surface area (Å²) in [7, 11) is 1.51. The van der Waals surface area contributed by atoms with Gasteiger partial charge in [-0.25, -0.2) is 9.78 Å². The highest BCUT2D eigenvalue weighted by molar-refractivity contribution is 7.99. The number of aromatic amines is 1. The van der Waals surface area contributed by atoms with E-state index in [1.807, 2.05) is 31.2 Å². The van der Waals surface area contributed by atoms with Gasteiger partial charge in [-0.15, -0.1) is 23.1 Å². The molecule has 0 aliphatic carbocycles. The fourth-order valence-electron chi connectivity index (χ4n) is 3.11. The van der Waals surface area contributed by atoms with E-state index >= 15 is 0 Å². The van der Waals surface area contributed by atoms with Gasteiger partial charge >= 0.3 is 5.69 Å². The van der Waals surface area contributed by atoms with Crippen molar-refractivity contribution in [2.24, 2.45) is 0 Å². The summed E-state index contributed by atoms with van der Waals surface area (Å²) in [6.45, 7) is 2.60. The van der Waals surface area contributed by atoms with Crippen molar-refractivity contribution in [2.45, 2.75) is 25.6 Å². The lowest BCUT2D eigenvalue weighted by molar-refractivity contribution is -0.116. The van der Waals surface area contributed by atoms with Crippen molar-refractivity contribution >= 4 is 50.7 Å².